The number of carbonyl (C=O) groups is 2. The predicted molar refractivity (Wildman–Crippen MR) is 127 cm³/mol. The van der Waals surface area contributed by atoms with Crippen LogP contribution in [0.4, 0.5) is 5.69 Å². The van der Waals surface area contributed by atoms with Gasteiger partial charge < -0.3 is 10.6 Å². The van der Waals surface area contributed by atoms with Gasteiger partial charge in [0.1, 0.15) is 5.78 Å². The zero-order valence-electron chi connectivity index (χ0n) is 20.8. The van der Waals surface area contributed by atoms with Crippen molar-refractivity contribution in [2.45, 2.75) is 96.8 Å². The lowest BCUT2D eigenvalue weighted by molar-refractivity contribution is -0.123. The highest BCUT2D eigenvalue weighted by molar-refractivity contribution is 5.94. The van der Waals surface area contributed by atoms with Gasteiger partial charge in [-0.2, -0.15) is 0 Å². The molecule has 2 unspecified atom stereocenters. The highest BCUT2D eigenvalue weighted by Crippen LogP contribution is 2.44. The number of benzene rings is 1. The van der Waals surface area contributed by atoms with Crippen LogP contribution in [0, 0.1) is 11.8 Å². The maximum absolute atomic E-state index is 13.0. The van der Waals surface area contributed by atoms with Crippen molar-refractivity contribution in [3.05, 3.63) is 29.8 Å². The first-order valence-electron chi connectivity index (χ1n) is 11.5. The van der Waals surface area contributed by atoms with Crippen molar-refractivity contribution in [2.24, 2.45) is 11.8 Å². The Kier molecular flexibility index (Phi) is 5.94. The minimum atomic E-state index is -0.199. The Hall–Kier alpha value is -1.72. The lowest BCUT2D eigenvalue weighted by Gasteiger charge is -2.38. The molecule has 2 aliphatic rings. The van der Waals surface area contributed by atoms with Crippen LogP contribution in [-0.4, -0.2) is 45.8 Å². The molecule has 1 amide bonds. The number of amides is 1. The van der Waals surface area contributed by atoms with Crippen LogP contribution in [-0.2, 0) is 16.0 Å². The van der Waals surface area contributed by atoms with E-state index in [0.29, 0.717) is 6.42 Å². The molecule has 0 aliphatic carbocycles. The number of hydrogen-bond acceptors (Lipinski definition) is 4. The van der Waals surface area contributed by atoms with E-state index in [1.165, 1.54) is 0 Å². The molecule has 1 aromatic carbocycles. The van der Waals surface area contributed by atoms with Crippen LogP contribution in [0.15, 0.2) is 24.3 Å². The van der Waals surface area contributed by atoms with Gasteiger partial charge in [-0.05, 0) is 93.0 Å². The third kappa shape index (κ3) is 4.73. The Morgan fingerprint density at radius 3 is 2.00 bits per heavy atom. The molecule has 2 N–H and O–H groups in total. The molecular weight excluding hydrogens is 386 g/mol. The van der Waals surface area contributed by atoms with E-state index < -0.39 is 0 Å². The van der Waals surface area contributed by atoms with Gasteiger partial charge in [-0.3, -0.25) is 14.5 Å². The lowest BCUT2D eigenvalue weighted by Crippen LogP contribution is -2.48. The van der Waals surface area contributed by atoms with Gasteiger partial charge in [0.25, 0.3) is 0 Å². The molecule has 0 bridgehead atoms. The van der Waals surface area contributed by atoms with Gasteiger partial charge in [-0.1, -0.05) is 12.1 Å². The number of likely N-dealkylation sites (tertiary alicyclic amines) is 1. The molecule has 2 fully saturated rings. The van der Waals surface area contributed by atoms with Gasteiger partial charge in [0.2, 0.25) is 5.91 Å². The van der Waals surface area contributed by atoms with Crippen LogP contribution in [0.5, 0.6) is 0 Å². The number of carbonyl (C=O) groups excluding carboxylic acids is 2. The second-order valence-electron chi connectivity index (χ2n) is 12.1. The molecule has 0 radical (unpaired) electrons. The van der Waals surface area contributed by atoms with E-state index >= 15 is 0 Å². The predicted octanol–water partition coefficient (Wildman–Crippen LogP) is 4.41. The van der Waals surface area contributed by atoms with Gasteiger partial charge in [0, 0.05) is 40.2 Å². The number of hydrogen-bond donors (Lipinski definition) is 2. The molecular formula is C26H41N3O2. The van der Waals surface area contributed by atoms with Gasteiger partial charge in [0.15, 0.2) is 0 Å². The summed E-state index contributed by atoms with van der Waals surface area (Å²) in [6.45, 7) is 17.2. The van der Waals surface area contributed by atoms with Crippen molar-refractivity contribution in [1.29, 1.82) is 0 Å². The molecule has 2 aliphatic heterocycles. The Morgan fingerprint density at radius 1 is 0.968 bits per heavy atom. The van der Waals surface area contributed by atoms with Gasteiger partial charge >= 0.3 is 0 Å². The first-order chi connectivity index (χ1) is 14.1. The number of nitrogens with zero attached hydrogens (tertiary/aromatic N) is 1. The van der Waals surface area contributed by atoms with Crippen LogP contribution in [0.1, 0.15) is 73.8 Å². The summed E-state index contributed by atoms with van der Waals surface area (Å²) in [5.74, 6) is 0.270. The standard InChI is InChI=1S/C26H41N3O2/c1-23(2)15-19(25(5,6)28-23)21(30)14-17-10-12-18(13-11-17)27-22(31)20-16-24(3,4)29(9)26(20,7)8/h10-13,19-20,28H,14-16H2,1-9H3,(H,27,31). The summed E-state index contributed by atoms with van der Waals surface area (Å²) < 4.78 is 0. The summed E-state index contributed by atoms with van der Waals surface area (Å²) in [5, 5.41) is 6.68. The van der Waals surface area contributed by atoms with Crippen LogP contribution >= 0.6 is 0 Å². The van der Waals surface area contributed by atoms with Gasteiger partial charge in [-0.25, -0.2) is 0 Å². The zero-order valence-corrected chi connectivity index (χ0v) is 20.8. The van der Waals surface area contributed by atoms with Crippen molar-refractivity contribution in [2.75, 3.05) is 12.4 Å². The lowest BCUT2D eigenvalue weighted by atomic mass is 9.82. The Labute approximate surface area is 188 Å². The third-order valence-corrected chi connectivity index (χ3v) is 7.88. The topological polar surface area (TPSA) is 61.4 Å². The average Bonchev–Trinajstić information content (AvgIpc) is 2.96. The van der Waals surface area contributed by atoms with Crippen LogP contribution in [0.25, 0.3) is 0 Å². The van der Waals surface area contributed by atoms with E-state index in [2.05, 4.69) is 78.0 Å². The van der Waals surface area contributed by atoms with Crippen molar-refractivity contribution >= 4 is 17.4 Å². The molecule has 5 heteroatoms. The second kappa shape index (κ2) is 7.70. The normalized spacial score (nSPS) is 28.4. The quantitative estimate of drug-likeness (QED) is 0.731. The molecule has 5 nitrogen and oxygen atoms in total. The highest BCUT2D eigenvalue weighted by atomic mass is 16.2. The fourth-order valence-electron chi connectivity index (χ4n) is 5.87. The molecule has 3 rings (SSSR count). The molecule has 31 heavy (non-hydrogen) atoms. The van der Waals surface area contributed by atoms with Crippen molar-refractivity contribution in [1.82, 2.24) is 10.2 Å². The molecule has 172 valence electrons. The third-order valence-electron chi connectivity index (χ3n) is 7.88. The number of nitrogens with one attached hydrogen (secondary N) is 2. The molecule has 0 spiro atoms. The number of anilines is 1. The van der Waals surface area contributed by atoms with E-state index in [0.717, 1.165) is 24.1 Å². The average molecular weight is 428 g/mol. The number of rotatable bonds is 5. The van der Waals surface area contributed by atoms with Crippen LogP contribution < -0.4 is 10.6 Å². The van der Waals surface area contributed by atoms with Crippen molar-refractivity contribution in [3.63, 3.8) is 0 Å². The minimum absolute atomic E-state index is 0.00632. The van der Waals surface area contributed by atoms with Crippen LogP contribution in [0.2, 0.25) is 0 Å². The maximum atomic E-state index is 13.0. The zero-order chi connectivity index (χ0) is 23.4. The molecule has 2 heterocycles. The summed E-state index contributed by atoms with van der Waals surface area (Å²) in [5.41, 5.74) is 1.36. The fraction of sp³-hybridized carbons (Fsp3) is 0.692. The van der Waals surface area contributed by atoms with Gasteiger partial charge in [-0.15, -0.1) is 0 Å². The van der Waals surface area contributed by atoms with Crippen LogP contribution in [0.3, 0.4) is 0 Å². The van der Waals surface area contributed by atoms with E-state index in [9.17, 15) is 9.59 Å². The summed E-state index contributed by atoms with van der Waals surface area (Å²) in [4.78, 5) is 28.3. The summed E-state index contributed by atoms with van der Waals surface area (Å²) >= 11 is 0. The monoisotopic (exact) mass is 427 g/mol. The number of ketones is 1. The summed E-state index contributed by atoms with van der Waals surface area (Å²) in [6, 6.07) is 7.76. The highest BCUT2D eigenvalue weighted by Gasteiger charge is 2.52. The maximum Gasteiger partial charge on any atom is 0.229 e. The van der Waals surface area contributed by atoms with Gasteiger partial charge in [0.05, 0.1) is 5.92 Å². The second-order valence-corrected chi connectivity index (χ2v) is 12.1. The number of Topliss-reactive ketones (excluding diaryl/α,β-unsaturated/α-hetero) is 1. The van der Waals surface area contributed by atoms with E-state index in [4.69, 9.17) is 0 Å². The summed E-state index contributed by atoms with van der Waals surface area (Å²) in [6.07, 6.45) is 2.11. The SMILES string of the molecule is CN1C(C)(C)CC(C(=O)Nc2ccc(CC(=O)C3CC(C)(C)NC3(C)C)cc2)C1(C)C. The Balaban J connectivity index is 1.63. The first-order valence-corrected chi connectivity index (χ1v) is 11.5. The Morgan fingerprint density at radius 2 is 1.55 bits per heavy atom. The van der Waals surface area contributed by atoms with E-state index in [1.807, 2.05) is 24.3 Å². The smallest absolute Gasteiger partial charge is 0.229 e. The molecule has 0 aromatic heterocycles. The summed E-state index contributed by atoms with van der Waals surface area (Å²) in [7, 11) is 2.10. The fourth-order valence-corrected chi connectivity index (χ4v) is 5.87. The minimum Gasteiger partial charge on any atom is -0.326 e. The molecule has 0 saturated carbocycles. The molecule has 1 aromatic rings. The first kappa shape index (κ1) is 23.9. The molecule has 2 saturated heterocycles. The van der Waals surface area contributed by atoms with Crippen molar-refractivity contribution < 1.29 is 9.59 Å². The largest absolute Gasteiger partial charge is 0.326 e. The van der Waals surface area contributed by atoms with Crippen molar-refractivity contribution in [3.8, 4) is 0 Å². The van der Waals surface area contributed by atoms with E-state index in [-0.39, 0.29) is 45.7 Å². The molecule has 2 atom stereocenters. The Bertz CT molecular complexity index is 852. The van der Waals surface area contributed by atoms with E-state index in [1.54, 1.807) is 0 Å².